The van der Waals surface area contributed by atoms with Crippen LogP contribution in [0.15, 0.2) is 58.3 Å². The van der Waals surface area contributed by atoms with Crippen LogP contribution in [-0.4, -0.2) is 23.1 Å². The molecule has 3 heteroatoms. The zero-order valence-corrected chi connectivity index (χ0v) is 13.6. The molecule has 0 heterocycles. The first kappa shape index (κ1) is 16.1. The van der Waals surface area contributed by atoms with Gasteiger partial charge in [-0.05, 0) is 36.3 Å². The van der Waals surface area contributed by atoms with E-state index in [1.165, 1.54) is 10.5 Å². The van der Waals surface area contributed by atoms with Gasteiger partial charge >= 0.3 is 0 Å². The molecule has 0 aromatic heterocycles. The lowest BCUT2D eigenvalue weighted by molar-refractivity contribution is 0.279. The largest absolute Gasteiger partial charge is 0.392 e. The maximum Gasteiger partial charge on any atom is 0.0692 e. The first-order chi connectivity index (χ1) is 10.3. The lowest BCUT2D eigenvalue weighted by Gasteiger charge is -2.20. The summed E-state index contributed by atoms with van der Waals surface area (Å²) in [6.45, 7) is 7.56. The summed E-state index contributed by atoms with van der Waals surface area (Å²) in [6.07, 6.45) is 0. The third-order valence-electron chi connectivity index (χ3n) is 3.62. The molecule has 21 heavy (non-hydrogen) atoms. The average Bonchev–Trinajstić information content (AvgIpc) is 2.54. The second-order valence-electron chi connectivity index (χ2n) is 4.94. The van der Waals surface area contributed by atoms with Gasteiger partial charge in [-0.2, -0.15) is 0 Å². The Kier molecular flexibility index (Phi) is 6.30. The lowest BCUT2D eigenvalue weighted by atomic mass is 10.2. The molecule has 2 rings (SSSR count). The smallest absolute Gasteiger partial charge is 0.0692 e. The third kappa shape index (κ3) is 4.34. The van der Waals surface area contributed by atoms with Crippen LogP contribution in [-0.2, 0) is 13.2 Å². The maximum absolute atomic E-state index is 9.47. The van der Waals surface area contributed by atoms with Crippen LogP contribution in [0.2, 0.25) is 0 Å². The number of aliphatic hydroxyl groups excluding tert-OH is 1. The summed E-state index contributed by atoms with van der Waals surface area (Å²) < 4.78 is 0. The Hall–Kier alpha value is -1.29. The third-order valence-corrected chi connectivity index (χ3v) is 4.86. The Balaban J connectivity index is 2.24. The number of aliphatic hydroxyl groups is 1. The highest BCUT2D eigenvalue weighted by atomic mass is 32.2. The summed E-state index contributed by atoms with van der Waals surface area (Å²) in [5.41, 5.74) is 2.33. The molecule has 2 aromatic carbocycles. The zero-order valence-electron chi connectivity index (χ0n) is 12.7. The minimum atomic E-state index is 0.0847. The fraction of sp³-hybridized carbons (Fsp3) is 0.333. The molecule has 0 radical (unpaired) electrons. The molecule has 112 valence electrons. The van der Waals surface area contributed by atoms with Gasteiger partial charge in [-0.15, -0.1) is 0 Å². The fourth-order valence-electron chi connectivity index (χ4n) is 2.27. The van der Waals surface area contributed by atoms with Crippen molar-refractivity contribution >= 4 is 11.8 Å². The molecule has 0 saturated carbocycles. The van der Waals surface area contributed by atoms with Crippen LogP contribution in [0.4, 0.5) is 0 Å². The molecule has 1 N–H and O–H groups in total. The summed E-state index contributed by atoms with van der Waals surface area (Å²) in [6, 6.07) is 16.6. The number of nitrogens with zero attached hydrogens (tertiary/aromatic N) is 1. The zero-order chi connectivity index (χ0) is 15.1. The van der Waals surface area contributed by atoms with Gasteiger partial charge in [0.15, 0.2) is 0 Å². The van der Waals surface area contributed by atoms with E-state index >= 15 is 0 Å². The van der Waals surface area contributed by atoms with Crippen molar-refractivity contribution in [2.24, 2.45) is 0 Å². The summed E-state index contributed by atoms with van der Waals surface area (Å²) in [5.74, 6) is 0. The molecule has 0 aliphatic rings. The first-order valence-corrected chi connectivity index (χ1v) is 8.27. The average molecular weight is 301 g/mol. The Morgan fingerprint density at radius 3 is 1.95 bits per heavy atom. The Morgan fingerprint density at radius 1 is 0.857 bits per heavy atom. The quantitative estimate of drug-likeness (QED) is 0.830. The van der Waals surface area contributed by atoms with E-state index in [-0.39, 0.29) is 6.61 Å². The molecule has 0 amide bonds. The Bertz CT molecular complexity index is 567. The van der Waals surface area contributed by atoms with E-state index in [2.05, 4.69) is 49.1 Å². The standard InChI is InChI=1S/C18H23NOS/c1-3-19(4-2)13-15-9-5-7-11-17(15)21-18-12-8-6-10-16(18)14-20/h5-12,20H,3-4,13-14H2,1-2H3. The molecule has 0 spiro atoms. The molecule has 0 bridgehead atoms. The van der Waals surface area contributed by atoms with Crippen molar-refractivity contribution in [3.05, 3.63) is 59.7 Å². The van der Waals surface area contributed by atoms with E-state index in [4.69, 9.17) is 0 Å². The van der Waals surface area contributed by atoms with Gasteiger partial charge in [0.25, 0.3) is 0 Å². The van der Waals surface area contributed by atoms with Crippen LogP contribution in [0, 0.1) is 0 Å². The highest BCUT2D eigenvalue weighted by Crippen LogP contribution is 2.33. The molecule has 0 atom stereocenters. The van der Waals surface area contributed by atoms with E-state index in [0.717, 1.165) is 30.1 Å². The van der Waals surface area contributed by atoms with E-state index < -0.39 is 0 Å². The van der Waals surface area contributed by atoms with Gasteiger partial charge in [0.1, 0.15) is 0 Å². The SMILES string of the molecule is CCN(CC)Cc1ccccc1Sc1ccccc1CO. The minimum Gasteiger partial charge on any atom is -0.392 e. The molecular weight excluding hydrogens is 278 g/mol. The van der Waals surface area contributed by atoms with Crippen molar-refractivity contribution in [1.82, 2.24) is 4.90 Å². The van der Waals surface area contributed by atoms with E-state index in [0.29, 0.717) is 0 Å². The van der Waals surface area contributed by atoms with Crippen LogP contribution < -0.4 is 0 Å². The minimum absolute atomic E-state index is 0.0847. The lowest BCUT2D eigenvalue weighted by Crippen LogP contribution is -2.22. The van der Waals surface area contributed by atoms with Gasteiger partial charge in [0, 0.05) is 16.3 Å². The molecule has 2 aromatic rings. The van der Waals surface area contributed by atoms with Gasteiger partial charge in [-0.1, -0.05) is 62.0 Å². The number of hydrogen-bond donors (Lipinski definition) is 1. The second kappa shape index (κ2) is 8.23. The summed E-state index contributed by atoms with van der Waals surface area (Å²) in [7, 11) is 0. The monoisotopic (exact) mass is 301 g/mol. The van der Waals surface area contributed by atoms with Crippen LogP contribution in [0.25, 0.3) is 0 Å². The van der Waals surface area contributed by atoms with E-state index in [9.17, 15) is 5.11 Å². The predicted molar refractivity (Wildman–Crippen MR) is 89.6 cm³/mol. The van der Waals surface area contributed by atoms with Crippen LogP contribution in [0.5, 0.6) is 0 Å². The predicted octanol–water partition coefficient (Wildman–Crippen LogP) is 4.17. The fourth-order valence-corrected chi connectivity index (χ4v) is 3.33. The van der Waals surface area contributed by atoms with Gasteiger partial charge < -0.3 is 5.11 Å². The molecule has 0 unspecified atom stereocenters. The van der Waals surface area contributed by atoms with E-state index in [1.807, 2.05) is 18.2 Å². The molecule has 0 fully saturated rings. The highest BCUT2D eigenvalue weighted by molar-refractivity contribution is 7.99. The summed E-state index contributed by atoms with van der Waals surface area (Å²) in [4.78, 5) is 4.81. The molecule has 0 aliphatic carbocycles. The Morgan fingerprint density at radius 2 is 1.38 bits per heavy atom. The topological polar surface area (TPSA) is 23.5 Å². The van der Waals surface area contributed by atoms with Crippen molar-refractivity contribution in [3.8, 4) is 0 Å². The van der Waals surface area contributed by atoms with Crippen LogP contribution in [0.1, 0.15) is 25.0 Å². The van der Waals surface area contributed by atoms with E-state index in [1.54, 1.807) is 11.8 Å². The number of hydrogen-bond acceptors (Lipinski definition) is 3. The van der Waals surface area contributed by atoms with Crippen molar-refractivity contribution < 1.29 is 5.11 Å². The van der Waals surface area contributed by atoms with Crippen molar-refractivity contribution in [2.45, 2.75) is 36.8 Å². The summed E-state index contributed by atoms with van der Waals surface area (Å²) in [5, 5.41) is 9.47. The number of benzene rings is 2. The van der Waals surface area contributed by atoms with Gasteiger partial charge in [0.05, 0.1) is 6.61 Å². The second-order valence-corrected chi connectivity index (χ2v) is 6.02. The molecule has 0 aliphatic heterocycles. The molecule has 0 saturated heterocycles. The Labute approximate surface area is 131 Å². The van der Waals surface area contributed by atoms with Gasteiger partial charge in [0.2, 0.25) is 0 Å². The molecule has 2 nitrogen and oxygen atoms in total. The van der Waals surface area contributed by atoms with Crippen LogP contribution in [0.3, 0.4) is 0 Å². The maximum atomic E-state index is 9.47. The van der Waals surface area contributed by atoms with Crippen molar-refractivity contribution in [3.63, 3.8) is 0 Å². The van der Waals surface area contributed by atoms with Crippen molar-refractivity contribution in [1.29, 1.82) is 0 Å². The van der Waals surface area contributed by atoms with Gasteiger partial charge in [-0.3, -0.25) is 4.90 Å². The first-order valence-electron chi connectivity index (χ1n) is 7.45. The highest BCUT2D eigenvalue weighted by Gasteiger charge is 2.09. The molecular formula is C18H23NOS. The normalized spacial score (nSPS) is 11.0. The van der Waals surface area contributed by atoms with Crippen LogP contribution >= 0.6 is 11.8 Å². The number of rotatable bonds is 7. The summed E-state index contributed by atoms with van der Waals surface area (Å²) >= 11 is 1.74. The van der Waals surface area contributed by atoms with Crippen molar-refractivity contribution in [2.75, 3.05) is 13.1 Å². The van der Waals surface area contributed by atoms with Gasteiger partial charge in [-0.25, -0.2) is 0 Å².